The second-order valence-electron chi connectivity index (χ2n) is 6.39. The van der Waals surface area contributed by atoms with Gasteiger partial charge in [-0.25, -0.2) is 0 Å². The van der Waals surface area contributed by atoms with Crippen LogP contribution in [0.1, 0.15) is 6.42 Å². The van der Waals surface area contributed by atoms with Gasteiger partial charge < -0.3 is 13.7 Å². The first-order valence-corrected chi connectivity index (χ1v) is 13.3. The van der Waals surface area contributed by atoms with Gasteiger partial charge in [-0.1, -0.05) is 51.1 Å². The van der Waals surface area contributed by atoms with Crippen molar-refractivity contribution in [3.8, 4) is 11.8 Å². The first-order valence-electron chi connectivity index (χ1n) is 6.42. The fourth-order valence-electron chi connectivity index (χ4n) is 2.03. The standard InChI is InChI=1S/C13H29NO2Si2/c1-15-13(16-2)11-9-10-12-14(17(3,4)5)18(6,7)8/h13H,11-12H2,1-8H3. The molecule has 106 valence electrons. The monoisotopic (exact) mass is 287 g/mol. The quantitative estimate of drug-likeness (QED) is 0.426. The fraction of sp³-hybridized carbons (Fsp3) is 0.846. The van der Waals surface area contributed by atoms with Crippen molar-refractivity contribution in [1.29, 1.82) is 0 Å². The molecule has 0 aliphatic heterocycles. The molecule has 3 nitrogen and oxygen atoms in total. The summed E-state index contributed by atoms with van der Waals surface area (Å²) in [6.45, 7) is 15.2. The number of hydrogen-bond acceptors (Lipinski definition) is 3. The van der Waals surface area contributed by atoms with E-state index < -0.39 is 16.5 Å². The first kappa shape index (κ1) is 17.9. The molecule has 0 fully saturated rings. The van der Waals surface area contributed by atoms with Crippen molar-refractivity contribution in [3.63, 3.8) is 0 Å². The summed E-state index contributed by atoms with van der Waals surface area (Å²) in [5, 5.41) is 0. The van der Waals surface area contributed by atoms with Gasteiger partial charge in [-0.3, -0.25) is 0 Å². The van der Waals surface area contributed by atoms with Crippen LogP contribution < -0.4 is 0 Å². The Labute approximate surface area is 115 Å². The predicted molar refractivity (Wildman–Crippen MR) is 83.6 cm³/mol. The van der Waals surface area contributed by atoms with Crippen LogP contribution in [0.2, 0.25) is 39.3 Å². The zero-order valence-electron chi connectivity index (χ0n) is 13.3. The van der Waals surface area contributed by atoms with Crippen molar-refractivity contribution in [1.82, 2.24) is 4.23 Å². The number of ether oxygens (including phenoxy) is 2. The van der Waals surface area contributed by atoms with E-state index in [1.54, 1.807) is 14.2 Å². The molecule has 0 aromatic carbocycles. The number of nitrogens with zero attached hydrogens (tertiary/aromatic N) is 1. The van der Waals surface area contributed by atoms with Crippen LogP contribution in [0, 0.1) is 11.8 Å². The minimum Gasteiger partial charge on any atom is -0.355 e. The van der Waals surface area contributed by atoms with Gasteiger partial charge in [-0.15, -0.1) is 0 Å². The SMILES string of the molecule is COC(CC#CCN([Si](C)(C)C)[Si](C)(C)C)OC. The summed E-state index contributed by atoms with van der Waals surface area (Å²) in [6, 6.07) is 0. The lowest BCUT2D eigenvalue weighted by Crippen LogP contribution is -2.59. The van der Waals surface area contributed by atoms with Gasteiger partial charge in [0, 0.05) is 20.8 Å². The zero-order valence-corrected chi connectivity index (χ0v) is 15.3. The highest BCUT2D eigenvalue weighted by molar-refractivity contribution is 6.89. The van der Waals surface area contributed by atoms with Crippen molar-refractivity contribution in [2.45, 2.75) is 52.0 Å². The van der Waals surface area contributed by atoms with E-state index in [0.717, 1.165) is 6.54 Å². The van der Waals surface area contributed by atoms with Gasteiger partial charge in [0.25, 0.3) is 0 Å². The number of methoxy groups -OCH3 is 2. The highest BCUT2D eigenvalue weighted by atomic mass is 28.4. The molecule has 5 heteroatoms. The highest BCUT2D eigenvalue weighted by Gasteiger charge is 2.33. The van der Waals surface area contributed by atoms with Crippen LogP contribution in [0.5, 0.6) is 0 Å². The lowest BCUT2D eigenvalue weighted by Gasteiger charge is -2.42. The normalized spacial score (nSPS) is 12.8. The summed E-state index contributed by atoms with van der Waals surface area (Å²) in [6.07, 6.45) is 0.433. The minimum atomic E-state index is -1.29. The van der Waals surface area contributed by atoms with Crippen LogP contribution in [0.15, 0.2) is 0 Å². The maximum Gasteiger partial charge on any atom is 0.167 e. The van der Waals surface area contributed by atoms with E-state index in [1.807, 2.05) is 0 Å². The number of hydrogen-bond donors (Lipinski definition) is 0. The van der Waals surface area contributed by atoms with Crippen LogP contribution in [0.25, 0.3) is 0 Å². The van der Waals surface area contributed by atoms with E-state index in [9.17, 15) is 0 Å². The van der Waals surface area contributed by atoms with Crippen LogP contribution in [0.4, 0.5) is 0 Å². The Kier molecular flexibility index (Phi) is 7.41. The molecule has 0 spiro atoms. The Hall–Kier alpha value is -0.126. The summed E-state index contributed by atoms with van der Waals surface area (Å²) in [5.41, 5.74) is 0. The van der Waals surface area contributed by atoms with Crippen molar-refractivity contribution in [2.75, 3.05) is 20.8 Å². The predicted octanol–water partition coefficient (Wildman–Crippen LogP) is 2.97. The Balaban J connectivity index is 4.52. The zero-order chi connectivity index (χ0) is 14.4. The summed E-state index contributed by atoms with van der Waals surface area (Å²) in [4.78, 5) is 0. The van der Waals surface area contributed by atoms with Crippen molar-refractivity contribution >= 4 is 16.5 Å². The fourth-order valence-corrected chi connectivity index (χ4v) is 11.2. The molecule has 18 heavy (non-hydrogen) atoms. The minimum absolute atomic E-state index is 0.204. The molecular formula is C13H29NO2Si2. The maximum atomic E-state index is 5.12. The average molecular weight is 288 g/mol. The molecule has 0 rings (SSSR count). The molecule has 0 aromatic heterocycles. The molecule has 0 bridgehead atoms. The molecule has 0 heterocycles. The smallest absolute Gasteiger partial charge is 0.167 e. The molecule has 0 aromatic rings. The molecular weight excluding hydrogens is 258 g/mol. The van der Waals surface area contributed by atoms with Gasteiger partial charge in [0.1, 0.15) is 16.5 Å². The molecule has 0 amide bonds. The summed E-state index contributed by atoms with van der Waals surface area (Å²) in [5.74, 6) is 6.45. The van der Waals surface area contributed by atoms with Gasteiger partial charge in [0.2, 0.25) is 0 Å². The van der Waals surface area contributed by atoms with Crippen molar-refractivity contribution in [3.05, 3.63) is 0 Å². The number of rotatable bonds is 6. The van der Waals surface area contributed by atoms with E-state index in [1.165, 1.54) is 0 Å². The van der Waals surface area contributed by atoms with Crippen LogP contribution in [-0.2, 0) is 9.47 Å². The van der Waals surface area contributed by atoms with Crippen LogP contribution in [-0.4, -0.2) is 47.8 Å². The molecule has 0 saturated carbocycles. The Bertz CT molecular complexity index is 279. The Morgan fingerprint density at radius 1 is 0.889 bits per heavy atom. The van der Waals surface area contributed by atoms with Crippen molar-refractivity contribution in [2.24, 2.45) is 0 Å². The van der Waals surface area contributed by atoms with Gasteiger partial charge in [-0.05, 0) is 0 Å². The summed E-state index contributed by atoms with van der Waals surface area (Å²) in [7, 11) is 0.719. The van der Waals surface area contributed by atoms with E-state index in [0.29, 0.717) is 6.42 Å². The second kappa shape index (κ2) is 7.46. The summed E-state index contributed by atoms with van der Waals surface area (Å²) >= 11 is 0. The van der Waals surface area contributed by atoms with Gasteiger partial charge in [-0.2, -0.15) is 0 Å². The molecule has 0 saturated heterocycles. The third kappa shape index (κ3) is 6.71. The average Bonchev–Trinajstić information content (AvgIpc) is 2.19. The molecule has 0 aliphatic rings. The van der Waals surface area contributed by atoms with Crippen molar-refractivity contribution < 1.29 is 9.47 Å². The molecule has 0 atom stereocenters. The lowest BCUT2D eigenvalue weighted by molar-refractivity contribution is -0.0972. The van der Waals surface area contributed by atoms with Gasteiger partial charge in [0.05, 0.1) is 6.42 Å². The Morgan fingerprint density at radius 2 is 1.33 bits per heavy atom. The maximum absolute atomic E-state index is 5.12. The third-order valence-corrected chi connectivity index (χ3v) is 10.4. The molecule has 0 unspecified atom stereocenters. The highest BCUT2D eigenvalue weighted by Crippen LogP contribution is 2.18. The largest absolute Gasteiger partial charge is 0.355 e. The van der Waals surface area contributed by atoms with E-state index in [2.05, 4.69) is 55.4 Å². The Morgan fingerprint density at radius 3 is 1.67 bits per heavy atom. The first-order chi connectivity index (χ1) is 8.12. The molecule has 0 radical (unpaired) electrons. The van der Waals surface area contributed by atoms with Gasteiger partial charge >= 0.3 is 0 Å². The third-order valence-electron chi connectivity index (χ3n) is 2.78. The topological polar surface area (TPSA) is 21.7 Å². The van der Waals surface area contributed by atoms with E-state index in [4.69, 9.17) is 9.47 Å². The van der Waals surface area contributed by atoms with E-state index >= 15 is 0 Å². The van der Waals surface area contributed by atoms with Crippen LogP contribution >= 0.6 is 0 Å². The summed E-state index contributed by atoms with van der Waals surface area (Å²) < 4.78 is 12.9. The van der Waals surface area contributed by atoms with Gasteiger partial charge in [0.15, 0.2) is 6.29 Å². The van der Waals surface area contributed by atoms with Crippen LogP contribution in [0.3, 0.4) is 0 Å². The van der Waals surface area contributed by atoms with E-state index in [-0.39, 0.29) is 6.29 Å². The lowest BCUT2D eigenvalue weighted by atomic mass is 10.4. The second-order valence-corrected chi connectivity index (χ2v) is 16.6. The molecule has 0 N–H and O–H groups in total. The molecule has 0 aliphatic carbocycles.